The highest BCUT2D eigenvalue weighted by Crippen LogP contribution is 2.27. The molecule has 0 unspecified atom stereocenters. The van der Waals surface area contributed by atoms with E-state index in [2.05, 4.69) is 19.9 Å². The van der Waals surface area contributed by atoms with Crippen molar-refractivity contribution in [2.24, 2.45) is 0 Å². The maximum atomic E-state index is 11.8. The van der Waals surface area contributed by atoms with Crippen molar-refractivity contribution in [3.63, 3.8) is 0 Å². The predicted molar refractivity (Wildman–Crippen MR) is 122 cm³/mol. The molecule has 36 heavy (non-hydrogen) atoms. The van der Waals surface area contributed by atoms with Crippen LogP contribution >= 0.6 is 0 Å². The first-order valence-electron chi connectivity index (χ1n) is 10.0. The van der Waals surface area contributed by atoms with Gasteiger partial charge in [0.15, 0.2) is 0 Å². The number of aromatic carboxylic acids is 4. The van der Waals surface area contributed by atoms with Crippen molar-refractivity contribution in [1.29, 1.82) is 0 Å². The summed E-state index contributed by atoms with van der Waals surface area (Å²) < 4.78 is 0. The van der Waals surface area contributed by atoms with Crippen LogP contribution in [0.25, 0.3) is 34.2 Å². The van der Waals surface area contributed by atoms with Crippen LogP contribution in [-0.4, -0.2) is 64.2 Å². The Morgan fingerprint density at radius 3 is 1.03 bits per heavy atom. The SMILES string of the molecule is O=C(O)c1ccnc(-c2cc(C(=O)O)cc(-c3cc(C(=O)O)cc(-c4cc(C(=O)O)ccn4)n3)n2)c1. The summed E-state index contributed by atoms with van der Waals surface area (Å²) in [5.74, 6) is -5.07. The molecule has 0 fully saturated rings. The van der Waals surface area contributed by atoms with Crippen LogP contribution in [0.4, 0.5) is 0 Å². The third-order valence-corrected chi connectivity index (χ3v) is 4.95. The molecule has 0 aliphatic carbocycles. The molecule has 0 bridgehead atoms. The van der Waals surface area contributed by atoms with Gasteiger partial charge >= 0.3 is 23.9 Å². The number of rotatable bonds is 7. The van der Waals surface area contributed by atoms with Crippen molar-refractivity contribution >= 4 is 23.9 Å². The van der Waals surface area contributed by atoms with Gasteiger partial charge in [0.25, 0.3) is 0 Å². The molecule has 0 aromatic carbocycles. The maximum absolute atomic E-state index is 11.8. The average molecular weight is 486 g/mol. The van der Waals surface area contributed by atoms with Crippen LogP contribution in [0.5, 0.6) is 0 Å². The lowest BCUT2D eigenvalue weighted by atomic mass is 10.1. The average Bonchev–Trinajstić information content (AvgIpc) is 2.88. The van der Waals surface area contributed by atoms with Crippen LogP contribution < -0.4 is 0 Å². The van der Waals surface area contributed by atoms with Gasteiger partial charge in [-0.05, 0) is 48.5 Å². The number of carboxylic acids is 4. The third kappa shape index (κ3) is 4.87. The summed E-state index contributed by atoms with van der Waals surface area (Å²) in [6.45, 7) is 0. The topological polar surface area (TPSA) is 201 Å². The van der Waals surface area contributed by atoms with Gasteiger partial charge in [0.05, 0.1) is 56.4 Å². The molecule has 0 saturated carbocycles. The van der Waals surface area contributed by atoms with Gasteiger partial charge in [-0.1, -0.05) is 0 Å². The minimum atomic E-state index is -1.32. The Morgan fingerprint density at radius 2 is 0.722 bits per heavy atom. The zero-order valence-corrected chi connectivity index (χ0v) is 18.0. The summed E-state index contributed by atoms with van der Waals surface area (Å²) in [6.07, 6.45) is 2.46. The van der Waals surface area contributed by atoms with E-state index in [1.165, 1.54) is 60.9 Å². The molecule has 0 aliphatic heterocycles. The zero-order chi connectivity index (χ0) is 26.0. The minimum absolute atomic E-state index is 0.0167. The third-order valence-electron chi connectivity index (χ3n) is 4.95. The van der Waals surface area contributed by atoms with E-state index in [0.717, 1.165) is 0 Å². The Morgan fingerprint density at radius 1 is 0.444 bits per heavy atom. The van der Waals surface area contributed by atoms with Crippen LogP contribution in [0.2, 0.25) is 0 Å². The fourth-order valence-corrected chi connectivity index (χ4v) is 3.24. The van der Waals surface area contributed by atoms with E-state index in [4.69, 9.17) is 0 Å². The second kappa shape index (κ2) is 9.38. The van der Waals surface area contributed by atoms with Crippen molar-refractivity contribution in [3.8, 4) is 34.2 Å². The fourth-order valence-electron chi connectivity index (χ4n) is 3.24. The second-order valence-electron chi connectivity index (χ2n) is 7.33. The Labute approximate surface area is 201 Å². The summed E-state index contributed by atoms with van der Waals surface area (Å²) in [5.41, 5.74) is -0.540. The number of pyridine rings is 4. The molecule has 4 rings (SSSR count). The smallest absolute Gasteiger partial charge is 0.335 e. The molecule has 4 aromatic heterocycles. The number of nitrogens with zero attached hydrogens (tertiary/aromatic N) is 4. The Bertz CT molecular complexity index is 1450. The lowest BCUT2D eigenvalue weighted by Gasteiger charge is -2.10. The minimum Gasteiger partial charge on any atom is -0.478 e. The molecule has 0 amide bonds. The van der Waals surface area contributed by atoms with Gasteiger partial charge < -0.3 is 20.4 Å². The van der Waals surface area contributed by atoms with E-state index in [9.17, 15) is 39.6 Å². The van der Waals surface area contributed by atoms with Crippen LogP contribution in [0.1, 0.15) is 41.4 Å². The molecule has 12 heteroatoms. The first-order chi connectivity index (χ1) is 17.1. The Balaban J connectivity index is 1.93. The molecule has 12 nitrogen and oxygen atoms in total. The molecule has 4 N–H and O–H groups in total. The quantitative estimate of drug-likeness (QED) is 0.298. The molecule has 0 atom stereocenters. The zero-order valence-electron chi connectivity index (χ0n) is 18.0. The summed E-state index contributed by atoms with van der Waals surface area (Å²) in [4.78, 5) is 63.1. The summed E-state index contributed by atoms with van der Waals surface area (Å²) in [7, 11) is 0. The van der Waals surface area contributed by atoms with E-state index in [1.54, 1.807) is 0 Å². The van der Waals surface area contributed by atoms with Gasteiger partial charge in [-0.3, -0.25) is 9.97 Å². The molecule has 178 valence electrons. The van der Waals surface area contributed by atoms with Crippen molar-refractivity contribution in [2.75, 3.05) is 0 Å². The standard InChI is InChI=1S/C24H14N4O8/c29-21(30)11-1-3-25-15(5-11)17-7-13(23(33)34)9-19(27-17)20-10-14(24(35)36)8-18(28-20)16-6-12(22(31)32)2-4-26-16/h1-10H,(H,29,30)(H,31,32)(H,33,34)(H,35,36). The van der Waals surface area contributed by atoms with E-state index < -0.39 is 23.9 Å². The molecule has 4 aromatic rings. The van der Waals surface area contributed by atoms with Gasteiger partial charge in [-0.2, -0.15) is 0 Å². The molecular weight excluding hydrogens is 472 g/mol. The van der Waals surface area contributed by atoms with Crippen molar-refractivity contribution in [3.05, 3.63) is 83.2 Å². The fraction of sp³-hybridized carbons (Fsp3) is 0. The lowest BCUT2D eigenvalue weighted by Crippen LogP contribution is -2.05. The second-order valence-corrected chi connectivity index (χ2v) is 7.33. The number of carbonyl (C=O) groups is 4. The van der Waals surface area contributed by atoms with Crippen LogP contribution in [0.3, 0.4) is 0 Å². The van der Waals surface area contributed by atoms with Gasteiger partial charge in [-0.25, -0.2) is 29.1 Å². The Kier molecular flexibility index (Phi) is 6.16. The largest absolute Gasteiger partial charge is 0.478 e. The van der Waals surface area contributed by atoms with Gasteiger partial charge in [0, 0.05) is 12.4 Å². The molecule has 0 saturated heterocycles. The molecule has 0 aliphatic rings. The number of carboxylic acid groups (broad SMARTS) is 4. The van der Waals surface area contributed by atoms with Crippen molar-refractivity contribution in [2.45, 2.75) is 0 Å². The van der Waals surface area contributed by atoms with E-state index in [1.807, 2.05) is 0 Å². The summed E-state index contributed by atoms with van der Waals surface area (Å²) in [6, 6.07) is 9.69. The Hall–Kier alpha value is -5.52. The van der Waals surface area contributed by atoms with Gasteiger partial charge in [0.2, 0.25) is 0 Å². The van der Waals surface area contributed by atoms with E-state index in [0.29, 0.717) is 0 Å². The van der Waals surface area contributed by atoms with Crippen molar-refractivity contribution in [1.82, 2.24) is 19.9 Å². The lowest BCUT2D eigenvalue weighted by molar-refractivity contribution is 0.0685. The highest BCUT2D eigenvalue weighted by atomic mass is 16.4. The highest BCUT2D eigenvalue weighted by molar-refractivity contribution is 5.93. The molecule has 0 spiro atoms. The summed E-state index contributed by atoms with van der Waals surface area (Å²) >= 11 is 0. The first kappa shape index (κ1) is 23.6. The first-order valence-corrected chi connectivity index (χ1v) is 10.0. The maximum Gasteiger partial charge on any atom is 0.335 e. The van der Waals surface area contributed by atoms with Gasteiger partial charge in [-0.15, -0.1) is 0 Å². The van der Waals surface area contributed by atoms with Crippen LogP contribution in [0, 0.1) is 0 Å². The van der Waals surface area contributed by atoms with Crippen LogP contribution in [-0.2, 0) is 0 Å². The van der Waals surface area contributed by atoms with Gasteiger partial charge in [0.1, 0.15) is 0 Å². The monoisotopic (exact) mass is 486 g/mol. The highest BCUT2D eigenvalue weighted by Gasteiger charge is 2.18. The number of aromatic nitrogens is 4. The molecule has 0 radical (unpaired) electrons. The number of hydrogen-bond acceptors (Lipinski definition) is 8. The molecular formula is C24H14N4O8. The van der Waals surface area contributed by atoms with Crippen molar-refractivity contribution < 1.29 is 39.6 Å². The predicted octanol–water partition coefficient (Wildman–Crippen LogP) is 3.06. The molecule has 4 heterocycles. The summed E-state index contributed by atoms with van der Waals surface area (Å²) in [5, 5.41) is 37.7. The number of hydrogen-bond donors (Lipinski definition) is 4. The van der Waals surface area contributed by atoms with E-state index >= 15 is 0 Å². The van der Waals surface area contributed by atoms with E-state index in [-0.39, 0.29) is 56.4 Å². The van der Waals surface area contributed by atoms with Crippen LogP contribution in [0.15, 0.2) is 60.9 Å². The normalized spacial score (nSPS) is 10.6.